The predicted molar refractivity (Wildman–Crippen MR) is 63.7 cm³/mol. The van der Waals surface area contributed by atoms with Crippen molar-refractivity contribution in [2.75, 3.05) is 0 Å². The Morgan fingerprint density at radius 2 is 1.60 bits per heavy atom. The largest absolute Gasteiger partial charge is 0.392 e. The molecule has 1 nitrogen and oxygen atoms in total. The van der Waals surface area contributed by atoms with Crippen molar-refractivity contribution in [1.29, 1.82) is 0 Å². The first-order valence-electron chi connectivity index (χ1n) is 6.21. The number of rotatable bonds is 0. The fourth-order valence-electron chi connectivity index (χ4n) is 3.79. The average Bonchev–Trinajstić information content (AvgIpc) is 2.40. The maximum Gasteiger partial charge on any atom is 0.0653 e. The normalized spacial score (nSPS) is 33.8. The van der Waals surface area contributed by atoms with E-state index in [2.05, 4.69) is 27.7 Å². The van der Waals surface area contributed by atoms with E-state index in [0.29, 0.717) is 0 Å². The summed E-state index contributed by atoms with van der Waals surface area (Å²) in [6.07, 6.45) is 5.81. The van der Waals surface area contributed by atoms with Crippen LogP contribution in [0, 0.1) is 10.8 Å². The minimum atomic E-state index is -0.119. The van der Waals surface area contributed by atoms with Gasteiger partial charge in [-0.05, 0) is 44.9 Å². The monoisotopic (exact) mass is 208 g/mol. The van der Waals surface area contributed by atoms with Gasteiger partial charge in [-0.15, -0.1) is 0 Å². The van der Waals surface area contributed by atoms with E-state index in [1.807, 2.05) is 0 Å². The molecule has 0 amide bonds. The molecule has 1 atom stereocenters. The molecule has 0 bridgehead atoms. The van der Waals surface area contributed by atoms with Crippen molar-refractivity contribution >= 4 is 0 Å². The Kier molecular flexibility index (Phi) is 2.50. The quantitative estimate of drug-likeness (QED) is 0.602. The van der Waals surface area contributed by atoms with E-state index in [-0.39, 0.29) is 16.9 Å². The van der Waals surface area contributed by atoms with Crippen molar-refractivity contribution in [3.63, 3.8) is 0 Å². The molecule has 1 saturated carbocycles. The van der Waals surface area contributed by atoms with Crippen LogP contribution in [0.5, 0.6) is 0 Å². The van der Waals surface area contributed by atoms with Gasteiger partial charge in [-0.25, -0.2) is 0 Å². The van der Waals surface area contributed by atoms with Crippen LogP contribution in [0.2, 0.25) is 0 Å². The Balaban J connectivity index is 2.24. The SMILES string of the molecule is CC1=C(C)CC2(CCCC(C)(C)C2O)C1. The molecule has 1 N–H and O–H groups in total. The second-order valence-corrected chi connectivity index (χ2v) is 6.52. The van der Waals surface area contributed by atoms with Gasteiger partial charge in [-0.3, -0.25) is 0 Å². The molecule has 2 aliphatic rings. The molecule has 0 radical (unpaired) electrons. The van der Waals surface area contributed by atoms with Crippen molar-refractivity contribution < 1.29 is 5.11 Å². The van der Waals surface area contributed by atoms with E-state index in [1.165, 1.54) is 30.4 Å². The predicted octanol–water partition coefficient (Wildman–Crippen LogP) is 3.67. The number of allylic oxidation sites excluding steroid dienone is 2. The first kappa shape index (κ1) is 11.2. The molecular formula is C14H24O. The summed E-state index contributed by atoms with van der Waals surface area (Å²) >= 11 is 0. The van der Waals surface area contributed by atoms with E-state index >= 15 is 0 Å². The van der Waals surface area contributed by atoms with Gasteiger partial charge in [-0.2, -0.15) is 0 Å². The standard InChI is InChI=1S/C14H24O/c1-10-8-14(9-11(10)2)7-5-6-13(3,4)12(14)15/h12,15H,5-9H2,1-4H3. The second-order valence-electron chi connectivity index (χ2n) is 6.52. The van der Waals surface area contributed by atoms with E-state index in [0.717, 1.165) is 12.8 Å². The molecule has 0 aliphatic heterocycles. The summed E-state index contributed by atoms with van der Waals surface area (Å²) in [5, 5.41) is 10.6. The summed E-state index contributed by atoms with van der Waals surface area (Å²) in [6, 6.07) is 0. The highest BCUT2D eigenvalue weighted by Gasteiger charge is 2.50. The minimum absolute atomic E-state index is 0.114. The Bertz CT molecular complexity index is 284. The molecule has 0 aromatic rings. The fourth-order valence-corrected chi connectivity index (χ4v) is 3.79. The van der Waals surface area contributed by atoms with Gasteiger partial charge in [0.05, 0.1) is 6.10 Å². The molecule has 86 valence electrons. The molecule has 0 heterocycles. The van der Waals surface area contributed by atoms with Crippen LogP contribution in [0.15, 0.2) is 11.1 Å². The van der Waals surface area contributed by atoms with Gasteiger partial charge < -0.3 is 5.11 Å². The topological polar surface area (TPSA) is 20.2 Å². The zero-order valence-corrected chi connectivity index (χ0v) is 10.6. The summed E-state index contributed by atoms with van der Waals surface area (Å²) in [5.74, 6) is 0. The Labute approximate surface area is 93.6 Å². The van der Waals surface area contributed by atoms with Crippen molar-refractivity contribution in [2.45, 2.75) is 65.9 Å². The van der Waals surface area contributed by atoms with E-state index < -0.39 is 0 Å². The molecule has 0 aromatic carbocycles. The third-order valence-corrected chi connectivity index (χ3v) is 4.78. The molecule has 2 rings (SSSR count). The van der Waals surface area contributed by atoms with Crippen molar-refractivity contribution in [1.82, 2.24) is 0 Å². The van der Waals surface area contributed by atoms with Gasteiger partial charge in [0.1, 0.15) is 0 Å². The second kappa shape index (κ2) is 3.35. The lowest BCUT2D eigenvalue weighted by atomic mass is 9.59. The molecule has 0 saturated heterocycles. The summed E-state index contributed by atoms with van der Waals surface area (Å²) in [5.41, 5.74) is 3.34. The van der Waals surface area contributed by atoms with Gasteiger partial charge in [0.25, 0.3) is 0 Å². The highest BCUT2D eigenvalue weighted by molar-refractivity contribution is 5.24. The summed E-state index contributed by atoms with van der Waals surface area (Å²) in [6.45, 7) is 8.92. The first-order chi connectivity index (χ1) is 6.87. The fraction of sp³-hybridized carbons (Fsp3) is 0.857. The van der Waals surface area contributed by atoms with Gasteiger partial charge in [0.2, 0.25) is 0 Å². The van der Waals surface area contributed by atoms with Crippen LogP contribution in [0.4, 0.5) is 0 Å². The molecule has 1 unspecified atom stereocenters. The maximum absolute atomic E-state index is 10.6. The Morgan fingerprint density at radius 3 is 2.13 bits per heavy atom. The Hall–Kier alpha value is -0.300. The number of hydrogen-bond acceptors (Lipinski definition) is 1. The van der Waals surface area contributed by atoms with Crippen LogP contribution in [-0.4, -0.2) is 11.2 Å². The van der Waals surface area contributed by atoms with Gasteiger partial charge >= 0.3 is 0 Å². The van der Waals surface area contributed by atoms with E-state index in [9.17, 15) is 5.11 Å². The Morgan fingerprint density at radius 1 is 1.07 bits per heavy atom. The number of aliphatic hydroxyl groups excluding tert-OH is 1. The molecule has 15 heavy (non-hydrogen) atoms. The van der Waals surface area contributed by atoms with E-state index in [1.54, 1.807) is 0 Å². The summed E-state index contributed by atoms with van der Waals surface area (Å²) < 4.78 is 0. The molecule has 1 heteroatoms. The van der Waals surface area contributed by atoms with Gasteiger partial charge in [0.15, 0.2) is 0 Å². The van der Waals surface area contributed by atoms with Crippen LogP contribution >= 0.6 is 0 Å². The number of aliphatic hydroxyl groups is 1. The zero-order chi connectivity index (χ0) is 11.3. The first-order valence-corrected chi connectivity index (χ1v) is 6.21. The van der Waals surface area contributed by atoms with Crippen LogP contribution in [0.1, 0.15) is 59.8 Å². The van der Waals surface area contributed by atoms with Crippen LogP contribution in [-0.2, 0) is 0 Å². The van der Waals surface area contributed by atoms with Crippen LogP contribution in [0.3, 0.4) is 0 Å². The molecule has 0 aromatic heterocycles. The highest BCUT2D eigenvalue weighted by atomic mass is 16.3. The van der Waals surface area contributed by atoms with Crippen LogP contribution < -0.4 is 0 Å². The van der Waals surface area contributed by atoms with Gasteiger partial charge in [0, 0.05) is 5.41 Å². The smallest absolute Gasteiger partial charge is 0.0653 e. The maximum atomic E-state index is 10.6. The lowest BCUT2D eigenvalue weighted by Crippen LogP contribution is -2.47. The van der Waals surface area contributed by atoms with Crippen molar-refractivity contribution in [3.05, 3.63) is 11.1 Å². The molecule has 1 spiro atoms. The molecule has 1 fully saturated rings. The lowest BCUT2D eigenvalue weighted by molar-refractivity contribution is -0.0885. The van der Waals surface area contributed by atoms with Crippen molar-refractivity contribution in [3.8, 4) is 0 Å². The number of hydrogen-bond donors (Lipinski definition) is 1. The van der Waals surface area contributed by atoms with Gasteiger partial charge in [-0.1, -0.05) is 31.4 Å². The molecular weight excluding hydrogens is 184 g/mol. The van der Waals surface area contributed by atoms with Crippen molar-refractivity contribution in [2.24, 2.45) is 10.8 Å². The van der Waals surface area contributed by atoms with E-state index in [4.69, 9.17) is 0 Å². The third-order valence-electron chi connectivity index (χ3n) is 4.78. The summed E-state index contributed by atoms with van der Waals surface area (Å²) in [4.78, 5) is 0. The zero-order valence-electron chi connectivity index (χ0n) is 10.6. The third kappa shape index (κ3) is 1.65. The lowest BCUT2D eigenvalue weighted by Gasteiger charge is -2.48. The summed E-state index contributed by atoms with van der Waals surface area (Å²) in [7, 11) is 0. The highest BCUT2D eigenvalue weighted by Crippen LogP contribution is 2.55. The minimum Gasteiger partial charge on any atom is -0.392 e. The average molecular weight is 208 g/mol. The molecule has 2 aliphatic carbocycles. The van der Waals surface area contributed by atoms with Crippen LogP contribution in [0.25, 0.3) is 0 Å².